The molecule has 0 saturated carbocycles. The summed E-state index contributed by atoms with van der Waals surface area (Å²) in [6.45, 7) is 0. The van der Waals surface area contributed by atoms with Crippen molar-refractivity contribution in [2.75, 3.05) is 14.2 Å². The van der Waals surface area contributed by atoms with Crippen LogP contribution >= 0.6 is 0 Å². The van der Waals surface area contributed by atoms with Crippen LogP contribution in [0.3, 0.4) is 0 Å². The van der Waals surface area contributed by atoms with Crippen molar-refractivity contribution in [1.82, 2.24) is 0 Å². The van der Waals surface area contributed by atoms with Crippen LogP contribution < -0.4 is 4.74 Å². The van der Waals surface area contributed by atoms with Crippen LogP contribution in [0.15, 0.2) is 24.3 Å². The lowest BCUT2D eigenvalue weighted by molar-refractivity contribution is -0.170. The molecular formula is C10H10F2O3. The minimum Gasteiger partial charge on any atom is -0.497 e. The molecule has 0 unspecified atom stereocenters. The van der Waals surface area contributed by atoms with Gasteiger partial charge in [0.15, 0.2) is 0 Å². The highest BCUT2D eigenvalue weighted by Gasteiger charge is 2.42. The summed E-state index contributed by atoms with van der Waals surface area (Å²) in [7, 11) is 2.34. The number of halogens is 2. The molecule has 0 aliphatic carbocycles. The molecule has 1 rings (SSSR count). The third-order valence-corrected chi connectivity index (χ3v) is 1.89. The van der Waals surface area contributed by atoms with E-state index in [0.29, 0.717) is 5.75 Å². The van der Waals surface area contributed by atoms with Crippen LogP contribution in [0, 0.1) is 0 Å². The van der Waals surface area contributed by atoms with E-state index in [-0.39, 0.29) is 0 Å². The normalized spacial score (nSPS) is 10.9. The van der Waals surface area contributed by atoms with Gasteiger partial charge in [-0.15, -0.1) is 0 Å². The summed E-state index contributed by atoms with van der Waals surface area (Å²) in [4.78, 5) is 10.8. The molecule has 0 radical (unpaired) electrons. The van der Waals surface area contributed by atoms with Crippen molar-refractivity contribution in [3.05, 3.63) is 29.8 Å². The van der Waals surface area contributed by atoms with Crippen molar-refractivity contribution >= 4 is 5.97 Å². The Morgan fingerprint density at radius 1 is 1.20 bits per heavy atom. The summed E-state index contributed by atoms with van der Waals surface area (Å²) in [5, 5.41) is 0. The molecule has 0 atom stereocenters. The van der Waals surface area contributed by atoms with Crippen molar-refractivity contribution in [1.29, 1.82) is 0 Å². The summed E-state index contributed by atoms with van der Waals surface area (Å²) < 4.78 is 35.4. The first-order chi connectivity index (χ1) is 7.02. The van der Waals surface area contributed by atoms with Crippen molar-refractivity contribution in [3.8, 4) is 5.75 Å². The van der Waals surface area contributed by atoms with E-state index >= 15 is 0 Å². The average molecular weight is 216 g/mol. The molecule has 0 fully saturated rings. The highest BCUT2D eigenvalue weighted by Crippen LogP contribution is 2.30. The van der Waals surface area contributed by atoms with Gasteiger partial charge in [-0.2, -0.15) is 8.78 Å². The zero-order valence-electron chi connectivity index (χ0n) is 8.29. The summed E-state index contributed by atoms with van der Waals surface area (Å²) >= 11 is 0. The van der Waals surface area contributed by atoms with E-state index in [4.69, 9.17) is 4.74 Å². The molecule has 5 heteroatoms. The van der Waals surface area contributed by atoms with Gasteiger partial charge in [-0.05, 0) is 24.3 Å². The monoisotopic (exact) mass is 216 g/mol. The number of esters is 1. The van der Waals surface area contributed by atoms with Crippen LogP contribution in [0.25, 0.3) is 0 Å². The number of carbonyl (C=O) groups excluding carboxylic acids is 1. The van der Waals surface area contributed by atoms with Gasteiger partial charge in [0.05, 0.1) is 14.2 Å². The SMILES string of the molecule is COC(=O)C(F)(F)c1ccc(OC)cc1. The van der Waals surface area contributed by atoms with Crippen molar-refractivity contribution in [2.24, 2.45) is 0 Å². The van der Waals surface area contributed by atoms with Gasteiger partial charge >= 0.3 is 11.9 Å². The topological polar surface area (TPSA) is 35.5 Å². The quantitative estimate of drug-likeness (QED) is 0.724. The van der Waals surface area contributed by atoms with Crippen LogP contribution in [0.5, 0.6) is 5.75 Å². The number of carbonyl (C=O) groups is 1. The van der Waals surface area contributed by atoms with E-state index in [0.717, 1.165) is 19.2 Å². The van der Waals surface area contributed by atoms with Gasteiger partial charge in [0.25, 0.3) is 0 Å². The number of methoxy groups -OCH3 is 2. The number of hydrogen-bond donors (Lipinski definition) is 0. The Hall–Kier alpha value is -1.65. The molecule has 0 heterocycles. The Morgan fingerprint density at radius 2 is 1.73 bits per heavy atom. The maximum Gasteiger partial charge on any atom is 0.381 e. The summed E-state index contributed by atoms with van der Waals surface area (Å²) in [6.07, 6.45) is 0. The van der Waals surface area contributed by atoms with Gasteiger partial charge in [0.2, 0.25) is 0 Å². The Morgan fingerprint density at radius 3 is 2.13 bits per heavy atom. The average Bonchev–Trinajstić information content (AvgIpc) is 2.28. The number of rotatable bonds is 3. The summed E-state index contributed by atoms with van der Waals surface area (Å²) in [5.74, 6) is -4.76. The Kier molecular flexibility index (Phi) is 3.24. The van der Waals surface area contributed by atoms with E-state index in [1.165, 1.54) is 19.2 Å². The largest absolute Gasteiger partial charge is 0.497 e. The second kappa shape index (κ2) is 4.25. The van der Waals surface area contributed by atoms with Crippen LogP contribution in [0.2, 0.25) is 0 Å². The lowest BCUT2D eigenvalue weighted by Gasteiger charge is -2.13. The molecule has 3 nitrogen and oxygen atoms in total. The minimum absolute atomic E-state index is 0.421. The van der Waals surface area contributed by atoms with Gasteiger partial charge in [0.1, 0.15) is 5.75 Å². The Labute approximate surface area is 85.6 Å². The molecule has 0 spiro atoms. The molecule has 1 aromatic carbocycles. The lowest BCUT2D eigenvalue weighted by Crippen LogP contribution is -2.27. The van der Waals surface area contributed by atoms with Crippen LogP contribution in [-0.4, -0.2) is 20.2 Å². The molecule has 0 aromatic heterocycles. The third kappa shape index (κ3) is 2.23. The standard InChI is InChI=1S/C10H10F2O3/c1-14-8-5-3-7(4-6-8)10(11,12)9(13)15-2/h3-6H,1-2H3. The smallest absolute Gasteiger partial charge is 0.381 e. The van der Waals surface area contributed by atoms with Gasteiger partial charge in [0, 0.05) is 5.56 Å². The van der Waals surface area contributed by atoms with E-state index in [1.54, 1.807) is 0 Å². The molecule has 15 heavy (non-hydrogen) atoms. The minimum atomic E-state index is -3.62. The number of ether oxygens (including phenoxy) is 2. The molecule has 0 N–H and O–H groups in total. The Balaban J connectivity index is 3.00. The second-order valence-electron chi connectivity index (χ2n) is 2.79. The number of benzene rings is 1. The van der Waals surface area contributed by atoms with Gasteiger partial charge in [-0.1, -0.05) is 0 Å². The molecule has 0 bridgehead atoms. The van der Waals surface area contributed by atoms with Crippen molar-refractivity contribution in [3.63, 3.8) is 0 Å². The van der Waals surface area contributed by atoms with E-state index in [1.807, 2.05) is 0 Å². The number of hydrogen-bond acceptors (Lipinski definition) is 3. The third-order valence-electron chi connectivity index (χ3n) is 1.89. The fraction of sp³-hybridized carbons (Fsp3) is 0.300. The van der Waals surface area contributed by atoms with Gasteiger partial charge in [-0.3, -0.25) is 0 Å². The molecular weight excluding hydrogens is 206 g/mol. The van der Waals surface area contributed by atoms with Crippen LogP contribution in [0.1, 0.15) is 5.56 Å². The fourth-order valence-corrected chi connectivity index (χ4v) is 1.05. The van der Waals surface area contributed by atoms with E-state index in [2.05, 4.69) is 4.74 Å². The van der Waals surface area contributed by atoms with E-state index < -0.39 is 17.5 Å². The van der Waals surface area contributed by atoms with Gasteiger partial charge < -0.3 is 9.47 Å². The summed E-state index contributed by atoms with van der Waals surface area (Å²) in [5.41, 5.74) is -0.421. The summed E-state index contributed by atoms with van der Waals surface area (Å²) in [6, 6.07) is 4.95. The first kappa shape index (κ1) is 11.4. The predicted molar refractivity (Wildman–Crippen MR) is 48.9 cm³/mol. The van der Waals surface area contributed by atoms with Crippen molar-refractivity contribution in [2.45, 2.75) is 5.92 Å². The van der Waals surface area contributed by atoms with Gasteiger partial charge in [-0.25, -0.2) is 4.79 Å². The zero-order valence-corrected chi connectivity index (χ0v) is 8.29. The molecule has 82 valence electrons. The maximum absolute atomic E-state index is 13.3. The predicted octanol–water partition coefficient (Wildman–Crippen LogP) is 1.96. The fourth-order valence-electron chi connectivity index (χ4n) is 1.05. The zero-order chi connectivity index (χ0) is 11.5. The van der Waals surface area contributed by atoms with Crippen molar-refractivity contribution < 1.29 is 23.0 Å². The maximum atomic E-state index is 13.3. The molecule has 1 aromatic rings. The van der Waals surface area contributed by atoms with Crippen LogP contribution in [-0.2, 0) is 15.5 Å². The molecule has 0 amide bonds. The molecule has 0 aliphatic heterocycles. The second-order valence-corrected chi connectivity index (χ2v) is 2.79. The van der Waals surface area contributed by atoms with E-state index in [9.17, 15) is 13.6 Å². The highest BCUT2D eigenvalue weighted by atomic mass is 19.3. The lowest BCUT2D eigenvalue weighted by atomic mass is 10.1. The highest BCUT2D eigenvalue weighted by molar-refractivity contribution is 5.79. The Bertz CT molecular complexity index is 346. The van der Waals surface area contributed by atoms with Crippen LogP contribution in [0.4, 0.5) is 8.78 Å². The first-order valence-corrected chi connectivity index (χ1v) is 4.13. The first-order valence-electron chi connectivity index (χ1n) is 4.13. The number of alkyl halides is 2. The molecule has 0 saturated heterocycles. The molecule has 0 aliphatic rings.